The van der Waals surface area contributed by atoms with E-state index in [1.54, 1.807) is 11.4 Å². The second-order valence-corrected chi connectivity index (χ2v) is 8.41. The van der Waals surface area contributed by atoms with Crippen LogP contribution in [0.1, 0.15) is 0 Å². The standard InChI is InChI=1S/C15H17F3N4O3S2.HI/c1-22(27(23,24)13-7-4-10-26-13)9-8-20-14(19)21-11-5-2-3-6-12(11)25-15(16,17)18;/h2-7,10H,8-9H2,1H3,(H3,19,20,21);1H. The number of aliphatic imine (C=N–C) groups is 1. The van der Waals surface area contributed by atoms with Gasteiger partial charge in [-0.05, 0) is 23.6 Å². The van der Waals surface area contributed by atoms with Gasteiger partial charge in [0.1, 0.15) is 4.21 Å². The summed E-state index contributed by atoms with van der Waals surface area (Å²) in [7, 11) is -2.20. The topological polar surface area (TPSA) is 97.0 Å². The highest BCUT2D eigenvalue weighted by atomic mass is 127. The van der Waals surface area contributed by atoms with Crippen molar-refractivity contribution in [1.29, 1.82) is 0 Å². The van der Waals surface area contributed by atoms with E-state index < -0.39 is 22.1 Å². The van der Waals surface area contributed by atoms with Crippen LogP contribution in [0.25, 0.3) is 0 Å². The molecule has 1 aromatic carbocycles. The lowest BCUT2D eigenvalue weighted by molar-refractivity contribution is -0.274. The molecule has 0 radical (unpaired) electrons. The van der Waals surface area contributed by atoms with Crippen molar-refractivity contribution in [3.05, 3.63) is 41.8 Å². The number of sulfonamides is 1. The van der Waals surface area contributed by atoms with Crippen molar-refractivity contribution in [2.24, 2.45) is 10.7 Å². The third-order valence-corrected chi connectivity index (χ3v) is 6.46. The van der Waals surface area contributed by atoms with E-state index in [4.69, 9.17) is 5.73 Å². The molecule has 3 N–H and O–H groups in total. The molecule has 0 atom stereocenters. The summed E-state index contributed by atoms with van der Waals surface area (Å²) in [5, 5.41) is 4.16. The largest absolute Gasteiger partial charge is 0.573 e. The number of alkyl halides is 3. The Morgan fingerprint density at radius 3 is 2.57 bits per heavy atom. The molecule has 13 heteroatoms. The van der Waals surface area contributed by atoms with E-state index in [9.17, 15) is 21.6 Å². The van der Waals surface area contributed by atoms with Gasteiger partial charge in [0, 0.05) is 13.6 Å². The van der Waals surface area contributed by atoms with Crippen LogP contribution in [0.3, 0.4) is 0 Å². The van der Waals surface area contributed by atoms with Gasteiger partial charge in [-0.25, -0.2) is 8.42 Å². The van der Waals surface area contributed by atoms with E-state index in [0.717, 1.165) is 21.7 Å². The Hall–Kier alpha value is -1.58. The molecule has 28 heavy (non-hydrogen) atoms. The Kier molecular flexibility index (Phi) is 8.97. The number of benzene rings is 1. The maximum absolute atomic E-state index is 12.4. The molecule has 0 fully saturated rings. The number of likely N-dealkylation sites (N-methyl/N-ethyl adjacent to an activating group) is 1. The Morgan fingerprint density at radius 1 is 1.29 bits per heavy atom. The van der Waals surface area contributed by atoms with Gasteiger partial charge in [0.2, 0.25) is 0 Å². The number of rotatable bonds is 7. The molecule has 2 rings (SSSR count). The summed E-state index contributed by atoms with van der Waals surface area (Å²) < 4.78 is 67.0. The van der Waals surface area contributed by atoms with E-state index in [2.05, 4.69) is 15.0 Å². The number of guanidine groups is 1. The minimum atomic E-state index is -4.84. The fourth-order valence-corrected chi connectivity index (χ4v) is 4.32. The molecular formula is C15H18F3IN4O3S2. The smallest absolute Gasteiger partial charge is 0.404 e. The lowest BCUT2D eigenvalue weighted by atomic mass is 10.3. The van der Waals surface area contributed by atoms with Gasteiger partial charge in [-0.15, -0.1) is 48.5 Å². The van der Waals surface area contributed by atoms with Gasteiger partial charge in [0.15, 0.2) is 11.7 Å². The lowest BCUT2D eigenvalue weighted by Gasteiger charge is -2.15. The van der Waals surface area contributed by atoms with Crippen LogP contribution >= 0.6 is 35.3 Å². The van der Waals surface area contributed by atoms with Gasteiger partial charge >= 0.3 is 6.36 Å². The van der Waals surface area contributed by atoms with Crippen molar-refractivity contribution in [1.82, 2.24) is 4.31 Å². The van der Waals surface area contributed by atoms with Crippen molar-refractivity contribution in [2.45, 2.75) is 10.6 Å². The highest BCUT2D eigenvalue weighted by molar-refractivity contribution is 14.0. The van der Waals surface area contributed by atoms with Crippen molar-refractivity contribution in [2.75, 3.05) is 25.5 Å². The molecule has 0 spiro atoms. The van der Waals surface area contributed by atoms with Crippen molar-refractivity contribution >= 4 is 57.0 Å². The van der Waals surface area contributed by atoms with Gasteiger partial charge in [-0.3, -0.25) is 4.99 Å². The lowest BCUT2D eigenvalue weighted by Crippen LogP contribution is -2.30. The maximum Gasteiger partial charge on any atom is 0.573 e. The molecule has 0 saturated heterocycles. The molecule has 0 aliphatic heterocycles. The highest BCUT2D eigenvalue weighted by Crippen LogP contribution is 2.29. The summed E-state index contributed by atoms with van der Waals surface area (Å²) in [5.74, 6) is -0.629. The molecule has 0 amide bonds. The van der Waals surface area contributed by atoms with Crippen molar-refractivity contribution in [3.8, 4) is 5.75 Å². The van der Waals surface area contributed by atoms with Crippen LogP contribution in [0.5, 0.6) is 5.75 Å². The molecule has 0 aliphatic rings. The molecule has 156 valence electrons. The second kappa shape index (κ2) is 10.3. The summed E-state index contributed by atoms with van der Waals surface area (Å²) in [4.78, 5) is 3.94. The molecule has 0 unspecified atom stereocenters. The molecule has 7 nitrogen and oxygen atoms in total. The number of hydrogen-bond acceptors (Lipinski definition) is 5. The highest BCUT2D eigenvalue weighted by Gasteiger charge is 2.32. The number of nitrogens with zero attached hydrogens (tertiary/aromatic N) is 2. The number of nitrogens with two attached hydrogens (primary N) is 1. The Bertz CT molecular complexity index is 890. The predicted octanol–water partition coefficient (Wildman–Crippen LogP) is 3.31. The number of para-hydroxylation sites is 2. The van der Waals surface area contributed by atoms with Crippen LogP contribution in [0.15, 0.2) is 51.0 Å². The normalized spacial score (nSPS) is 12.5. The monoisotopic (exact) mass is 550 g/mol. The third kappa shape index (κ3) is 7.10. The molecule has 0 saturated carbocycles. The predicted molar refractivity (Wildman–Crippen MR) is 113 cm³/mol. The van der Waals surface area contributed by atoms with E-state index in [1.165, 1.54) is 31.3 Å². The zero-order valence-corrected chi connectivity index (χ0v) is 18.5. The number of anilines is 1. The molecule has 0 aliphatic carbocycles. The summed E-state index contributed by atoms with van der Waals surface area (Å²) in [5.41, 5.74) is 5.65. The maximum atomic E-state index is 12.4. The van der Waals surface area contributed by atoms with Crippen LogP contribution in [0.2, 0.25) is 0 Å². The Morgan fingerprint density at radius 2 is 1.96 bits per heavy atom. The van der Waals surface area contributed by atoms with Crippen molar-refractivity contribution in [3.63, 3.8) is 0 Å². The minimum absolute atomic E-state index is 0. The van der Waals surface area contributed by atoms with E-state index >= 15 is 0 Å². The first-order valence-corrected chi connectivity index (χ1v) is 9.83. The van der Waals surface area contributed by atoms with Crippen LogP contribution in [0, 0.1) is 0 Å². The molecule has 1 heterocycles. The quantitative estimate of drug-likeness (QED) is 0.314. The fourth-order valence-electron chi connectivity index (χ4n) is 1.96. The van der Waals surface area contributed by atoms with E-state index in [0.29, 0.717) is 0 Å². The zero-order valence-electron chi connectivity index (χ0n) is 14.5. The SMILES string of the molecule is CN(CCN=C(N)Nc1ccccc1OC(F)(F)F)S(=O)(=O)c1cccs1.I. The number of hydrogen-bond donors (Lipinski definition) is 2. The summed E-state index contributed by atoms with van der Waals surface area (Å²) >= 11 is 1.10. The average molecular weight is 550 g/mol. The van der Waals surface area contributed by atoms with E-state index in [-0.39, 0.29) is 52.9 Å². The van der Waals surface area contributed by atoms with Crippen molar-refractivity contribution < 1.29 is 26.3 Å². The second-order valence-electron chi connectivity index (χ2n) is 5.19. The van der Waals surface area contributed by atoms with E-state index in [1.807, 2.05) is 0 Å². The number of ether oxygens (including phenoxy) is 1. The molecule has 0 bridgehead atoms. The fraction of sp³-hybridized carbons (Fsp3) is 0.267. The van der Waals surface area contributed by atoms with Gasteiger partial charge < -0.3 is 15.8 Å². The first-order valence-electron chi connectivity index (χ1n) is 7.51. The van der Waals surface area contributed by atoms with Crippen LogP contribution in [-0.4, -0.2) is 45.2 Å². The Labute approximate surface area is 181 Å². The average Bonchev–Trinajstić information content (AvgIpc) is 3.10. The molecule has 1 aromatic heterocycles. The number of thiophene rings is 1. The summed E-state index contributed by atoms with van der Waals surface area (Å²) in [6.07, 6.45) is -4.84. The van der Waals surface area contributed by atoms with Gasteiger partial charge in [0.25, 0.3) is 10.0 Å². The minimum Gasteiger partial charge on any atom is -0.404 e. The van der Waals surface area contributed by atoms with Gasteiger partial charge in [0.05, 0.1) is 12.2 Å². The zero-order chi connectivity index (χ0) is 20.1. The molecule has 2 aromatic rings. The molecular weight excluding hydrogens is 532 g/mol. The van der Waals surface area contributed by atoms with Crippen LogP contribution < -0.4 is 15.8 Å². The first-order chi connectivity index (χ1) is 12.6. The summed E-state index contributed by atoms with van der Waals surface area (Å²) in [6.45, 7) is 0.0611. The summed E-state index contributed by atoms with van der Waals surface area (Å²) in [6, 6.07) is 8.48. The van der Waals surface area contributed by atoms with Crippen LogP contribution in [-0.2, 0) is 10.0 Å². The number of nitrogens with one attached hydrogen (secondary N) is 1. The number of halogens is 4. The van der Waals surface area contributed by atoms with Gasteiger partial charge in [-0.2, -0.15) is 4.31 Å². The van der Waals surface area contributed by atoms with Gasteiger partial charge in [-0.1, -0.05) is 18.2 Å². The third-order valence-electron chi connectivity index (χ3n) is 3.23. The first kappa shape index (κ1) is 24.5. The van der Waals surface area contributed by atoms with Crippen LogP contribution in [0.4, 0.5) is 18.9 Å². The Balaban J connectivity index is 0.00000392.